The van der Waals surface area contributed by atoms with Crippen molar-refractivity contribution in [2.24, 2.45) is 0 Å². The lowest BCUT2D eigenvalue weighted by atomic mass is 10.1. The first-order chi connectivity index (χ1) is 5.65. The molecule has 0 bridgehead atoms. The van der Waals surface area contributed by atoms with Crippen molar-refractivity contribution in [2.75, 3.05) is 6.67 Å². The number of rotatable bonds is 2. The summed E-state index contributed by atoms with van der Waals surface area (Å²) in [5.41, 5.74) is 1.13. The van der Waals surface area contributed by atoms with Gasteiger partial charge in [-0.3, -0.25) is 0 Å². The second-order valence-corrected chi connectivity index (χ2v) is 2.73. The molecule has 1 aromatic carbocycles. The first-order valence-electron chi connectivity index (χ1n) is 3.68. The van der Waals surface area contributed by atoms with E-state index in [1.165, 1.54) is 6.07 Å². The average molecular weight is 170 g/mol. The van der Waals surface area contributed by atoms with Crippen molar-refractivity contribution in [1.82, 2.24) is 0 Å². The maximum atomic E-state index is 12.0. The van der Waals surface area contributed by atoms with Gasteiger partial charge in [0.2, 0.25) is 0 Å². The number of phenolic OH excluding ortho intramolecular Hbond substituents is 1. The van der Waals surface area contributed by atoms with Crippen molar-refractivity contribution in [3.05, 3.63) is 29.3 Å². The predicted molar refractivity (Wildman–Crippen MR) is 43.8 cm³/mol. The summed E-state index contributed by atoms with van der Waals surface area (Å²) in [6.45, 7) is 0.935. The van der Waals surface area contributed by atoms with Gasteiger partial charge in [0.1, 0.15) is 18.5 Å². The van der Waals surface area contributed by atoms with Crippen LogP contribution in [0.15, 0.2) is 18.2 Å². The van der Waals surface area contributed by atoms with Crippen LogP contribution < -0.4 is 0 Å². The van der Waals surface area contributed by atoms with E-state index in [1.807, 2.05) is 6.92 Å². The van der Waals surface area contributed by atoms with Crippen LogP contribution >= 0.6 is 0 Å². The lowest BCUT2D eigenvalue weighted by Gasteiger charge is -2.09. The lowest BCUT2D eigenvalue weighted by molar-refractivity contribution is 0.138. The highest BCUT2D eigenvalue weighted by Gasteiger charge is 2.11. The van der Waals surface area contributed by atoms with Crippen LogP contribution in [0.25, 0.3) is 0 Å². The molecule has 0 saturated heterocycles. The summed E-state index contributed by atoms with van der Waals surface area (Å²) in [4.78, 5) is 0. The number of aryl methyl sites for hydroxylation is 1. The highest BCUT2D eigenvalue weighted by Crippen LogP contribution is 2.25. The largest absolute Gasteiger partial charge is 0.508 e. The molecule has 0 aliphatic rings. The van der Waals surface area contributed by atoms with Crippen molar-refractivity contribution < 1.29 is 14.6 Å². The number of aliphatic hydroxyl groups is 1. The van der Waals surface area contributed by atoms with E-state index in [4.69, 9.17) is 5.11 Å². The molecule has 2 nitrogen and oxygen atoms in total. The standard InChI is InChI=1S/C9H11FO2/c1-6-2-3-8(11)7(4-6)9(12)5-10/h2-4,9,11-12H,5H2,1H3. The summed E-state index contributed by atoms with van der Waals surface area (Å²) in [6, 6.07) is 4.72. The minimum Gasteiger partial charge on any atom is -0.508 e. The topological polar surface area (TPSA) is 40.5 Å². The van der Waals surface area contributed by atoms with E-state index in [0.717, 1.165) is 5.56 Å². The number of halogens is 1. The second kappa shape index (κ2) is 3.54. The zero-order chi connectivity index (χ0) is 9.14. The Hall–Kier alpha value is -1.09. The van der Waals surface area contributed by atoms with Gasteiger partial charge in [0, 0.05) is 5.56 Å². The molecule has 12 heavy (non-hydrogen) atoms. The maximum Gasteiger partial charge on any atom is 0.121 e. The van der Waals surface area contributed by atoms with E-state index in [9.17, 15) is 9.50 Å². The Balaban J connectivity index is 3.04. The molecule has 0 radical (unpaired) electrons. The van der Waals surface area contributed by atoms with Crippen LogP contribution in [-0.2, 0) is 0 Å². The van der Waals surface area contributed by atoms with Gasteiger partial charge >= 0.3 is 0 Å². The Kier molecular flexibility index (Phi) is 2.65. The number of hydrogen-bond acceptors (Lipinski definition) is 2. The SMILES string of the molecule is Cc1ccc(O)c(C(O)CF)c1. The Morgan fingerprint density at radius 3 is 2.75 bits per heavy atom. The monoisotopic (exact) mass is 170 g/mol. The highest BCUT2D eigenvalue weighted by molar-refractivity contribution is 5.37. The quantitative estimate of drug-likeness (QED) is 0.709. The number of alkyl halides is 1. The van der Waals surface area contributed by atoms with E-state index in [2.05, 4.69) is 0 Å². The third-order valence-electron chi connectivity index (χ3n) is 1.69. The molecule has 0 aliphatic carbocycles. The molecule has 1 unspecified atom stereocenters. The number of aliphatic hydroxyl groups excluding tert-OH is 1. The predicted octanol–water partition coefficient (Wildman–Crippen LogP) is 1.70. The summed E-state index contributed by atoms with van der Waals surface area (Å²) in [5.74, 6) is -0.0641. The van der Waals surface area contributed by atoms with Crippen LogP contribution in [0.4, 0.5) is 4.39 Å². The molecule has 0 heterocycles. The molecule has 1 rings (SSSR count). The van der Waals surface area contributed by atoms with Gasteiger partial charge in [0.15, 0.2) is 0 Å². The van der Waals surface area contributed by atoms with Crippen molar-refractivity contribution in [1.29, 1.82) is 0 Å². The van der Waals surface area contributed by atoms with Crippen LogP contribution in [-0.4, -0.2) is 16.9 Å². The van der Waals surface area contributed by atoms with Crippen molar-refractivity contribution in [2.45, 2.75) is 13.0 Å². The summed E-state index contributed by atoms with van der Waals surface area (Å²) in [7, 11) is 0. The molecule has 0 fully saturated rings. The van der Waals surface area contributed by atoms with Gasteiger partial charge < -0.3 is 10.2 Å². The second-order valence-electron chi connectivity index (χ2n) is 2.73. The van der Waals surface area contributed by atoms with Gasteiger partial charge in [-0.05, 0) is 19.1 Å². The smallest absolute Gasteiger partial charge is 0.121 e. The number of benzene rings is 1. The van der Waals surface area contributed by atoms with E-state index in [-0.39, 0.29) is 11.3 Å². The summed E-state index contributed by atoms with van der Waals surface area (Å²) < 4.78 is 12.0. The van der Waals surface area contributed by atoms with Gasteiger partial charge in [-0.2, -0.15) is 0 Å². The molecule has 2 N–H and O–H groups in total. The molecule has 3 heteroatoms. The fourth-order valence-corrected chi connectivity index (χ4v) is 1.02. The number of hydrogen-bond donors (Lipinski definition) is 2. The van der Waals surface area contributed by atoms with Gasteiger partial charge in [0.05, 0.1) is 0 Å². The lowest BCUT2D eigenvalue weighted by Crippen LogP contribution is -1.99. The molecule has 0 aromatic heterocycles. The fourth-order valence-electron chi connectivity index (χ4n) is 1.02. The zero-order valence-electron chi connectivity index (χ0n) is 6.79. The minimum atomic E-state index is -1.22. The average Bonchev–Trinajstić information content (AvgIpc) is 2.08. The third kappa shape index (κ3) is 1.74. The maximum absolute atomic E-state index is 12.0. The van der Waals surface area contributed by atoms with Crippen LogP contribution in [0, 0.1) is 6.92 Å². The third-order valence-corrected chi connectivity index (χ3v) is 1.69. The van der Waals surface area contributed by atoms with Crippen molar-refractivity contribution >= 4 is 0 Å². The molecule has 0 aliphatic heterocycles. The Morgan fingerprint density at radius 2 is 2.17 bits per heavy atom. The number of phenols is 1. The molecule has 1 aromatic rings. The first kappa shape index (κ1) is 9.00. The Bertz CT molecular complexity index is 273. The number of aromatic hydroxyl groups is 1. The van der Waals surface area contributed by atoms with E-state index >= 15 is 0 Å². The van der Waals surface area contributed by atoms with Gasteiger partial charge in [-0.15, -0.1) is 0 Å². The van der Waals surface area contributed by atoms with Gasteiger partial charge in [-0.1, -0.05) is 11.6 Å². The minimum absolute atomic E-state index is 0.0641. The van der Waals surface area contributed by atoms with Crippen molar-refractivity contribution in [3.63, 3.8) is 0 Å². The van der Waals surface area contributed by atoms with E-state index in [0.29, 0.717) is 0 Å². The molecular formula is C9H11FO2. The molecule has 1 atom stereocenters. The Labute approximate surface area is 70.3 Å². The van der Waals surface area contributed by atoms with Crippen LogP contribution in [0.2, 0.25) is 0 Å². The summed E-state index contributed by atoms with van der Waals surface area (Å²) >= 11 is 0. The molecule has 0 spiro atoms. The summed E-state index contributed by atoms with van der Waals surface area (Å²) in [5, 5.41) is 18.3. The Morgan fingerprint density at radius 1 is 1.50 bits per heavy atom. The van der Waals surface area contributed by atoms with E-state index in [1.54, 1.807) is 12.1 Å². The van der Waals surface area contributed by atoms with Crippen LogP contribution in [0.5, 0.6) is 5.75 Å². The van der Waals surface area contributed by atoms with Gasteiger partial charge in [-0.25, -0.2) is 4.39 Å². The molecular weight excluding hydrogens is 159 g/mol. The molecule has 0 saturated carbocycles. The van der Waals surface area contributed by atoms with Crippen LogP contribution in [0.1, 0.15) is 17.2 Å². The first-order valence-corrected chi connectivity index (χ1v) is 3.68. The normalized spacial score (nSPS) is 12.9. The van der Waals surface area contributed by atoms with Crippen LogP contribution in [0.3, 0.4) is 0 Å². The van der Waals surface area contributed by atoms with Gasteiger partial charge in [0.25, 0.3) is 0 Å². The highest BCUT2D eigenvalue weighted by atomic mass is 19.1. The fraction of sp³-hybridized carbons (Fsp3) is 0.333. The van der Waals surface area contributed by atoms with E-state index < -0.39 is 12.8 Å². The van der Waals surface area contributed by atoms with Crippen molar-refractivity contribution in [3.8, 4) is 5.75 Å². The molecule has 66 valence electrons. The zero-order valence-corrected chi connectivity index (χ0v) is 6.79. The summed E-state index contributed by atoms with van der Waals surface area (Å²) in [6.07, 6.45) is -1.22. The molecule has 0 amide bonds.